The van der Waals surface area contributed by atoms with Gasteiger partial charge in [0.25, 0.3) is 5.91 Å². The summed E-state index contributed by atoms with van der Waals surface area (Å²) in [5, 5.41) is 5.68. The number of aromatic nitrogens is 2. The Morgan fingerprint density at radius 2 is 1.85 bits per heavy atom. The monoisotopic (exact) mass is 766 g/mol. The van der Waals surface area contributed by atoms with E-state index in [1.165, 1.54) is 4.90 Å². The molecule has 2 aliphatic heterocycles. The topological polar surface area (TPSA) is 195 Å². The maximum absolute atomic E-state index is 14.5. The second kappa shape index (κ2) is 14.6. The van der Waals surface area contributed by atoms with E-state index in [2.05, 4.69) is 25.3 Å². The third kappa shape index (κ3) is 7.85. The highest BCUT2D eigenvalue weighted by atomic mass is 32.2. The van der Waals surface area contributed by atoms with Gasteiger partial charge >= 0.3 is 6.09 Å². The van der Waals surface area contributed by atoms with Crippen LogP contribution < -0.4 is 24.8 Å². The van der Waals surface area contributed by atoms with Gasteiger partial charge < -0.3 is 29.7 Å². The average molecular weight is 767 g/mol. The Balaban J connectivity index is 1.17. The molecular formula is C38H50N6O9S. The zero-order valence-corrected chi connectivity index (χ0v) is 32.1. The molecule has 0 bridgehead atoms. The van der Waals surface area contributed by atoms with Crippen LogP contribution in [0.3, 0.4) is 0 Å². The second-order valence-electron chi connectivity index (χ2n) is 15.8. The third-order valence-electron chi connectivity index (χ3n) is 11.6. The summed E-state index contributed by atoms with van der Waals surface area (Å²) in [5.74, 6) is -1.21. The number of carbonyl (C=O) groups is 4. The number of benzene rings is 1. The fourth-order valence-electron chi connectivity index (χ4n) is 7.46. The van der Waals surface area contributed by atoms with E-state index in [0.717, 1.165) is 25.7 Å². The number of sulfonamides is 1. The van der Waals surface area contributed by atoms with E-state index in [-0.39, 0.29) is 31.4 Å². The van der Waals surface area contributed by atoms with Crippen LogP contribution in [0.25, 0.3) is 11.0 Å². The van der Waals surface area contributed by atoms with E-state index in [0.29, 0.717) is 60.5 Å². The van der Waals surface area contributed by atoms with Crippen LogP contribution in [-0.4, -0.2) is 95.3 Å². The predicted octanol–water partition coefficient (Wildman–Crippen LogP) is 3.58. The molecule has 0 spiro atoms. The molecule has 0 unspecified atom stereocenters. The Bertz CT molecular complexity index is 1960. The molecule has 1 saturated heterocycles. The Morgan fingerprint density at radius 3 is 2.57 bits per heavy atom. The van der Waals surface area contributed by atoms with Gasteiger partial charge in [-0.1, -0.05) is 25.0 Å². The van der Waals surface area contributed by atoms with E-state index in [9.17, 15) is 27.6 Å². The third-order valence-corrected chi connectivity index (χ3v) is 13.8. The molecule has 3 saturated carbocycles. The lowest BCUT2D eigenvalue weighted by atomic mass is 10.0. The number of carbonyl (C=O) groups excluding carboxylic acids is 4. The molecule has 54 heavy (non-hydrogen) atoms. The summed E-state index contributed by atoms with van der Waals surface area (Å²) in [6.07, 6.45) is 8.45. The zero-order valence-electron chi connectivity index (χ0n) is 31.3. The Morgan fingerprint density at radius 1 is 1.07 bits per heavy atom. The number of hydrogen-bond donors (Lipinski definition) is 3. The number of amides is 4. The van der Waals surface area contributed by atoms with Crippen molar-refractivity contribution >= 4 is 44.9 Å². The summed E-state index contributed by atoms with van der Waals surface area (Å²) in [4.78, 5) is 66.5. The van der Waals surface area contributed by atoms with Crippen LogP contribution in [0.15, 0.2) is 30.4 Å². The Labute approximate surface area is 315 Å². The summed E-state index contributed by atoms with van der Waals surface area (Å²) in [5.41, 5.74) is 0.171. The molecule has 15 nitrogen and oxygen atoms in total. The molecule has 6 atom stereocenters. The lowest BCUT2D eigenvalue weighted by molar-refractivity contribution is -0.141. The van der Waals surface area contributed by atoms with E-state index >= 15 is 0 Å². The number of nitrogens with one attached hydrogen (secondary N) is 3. The highest BCUT2D eigenvalue weighted by Crippen LogP contribution is 2.47. The first-order chi connectivity index (χ1) is 25.7. The summed E-state index contributed by atoms with van der Waals surface area (Å²) >= 11 is 0. The molecule has 5 aliphatic rings. The first kappa shape index (κ1) is 37.8. The Hall–Kier alpha value is -4.47. The number of methoxy groups -OCH3 is 1. The van der Waals surface area contributed by atoms with Gasteiger partial charge in [-0.3, -0.25) is 19.1 Å². The van der Waals surface area contributed by atoms with Crippen molar-refractivity contribution in [2.75, 3.05) is 13.7 Å². The largest absolute Gasteiger partial charge is 0.497 e. The summed E-state index contributed by atoms with van der Waals surface area (Å²) in [6.45, 7) is 5.17. The smallest absolute Gasteiger partial charge is 0.408 e. The number of fused-ring (bicyclic) bond motifs is 3. The van der Waals surface area contributed by atoms with Crippen LogP contribution >= 0.6 is 0 Å². The van der Waals surface area contributed by atoms with E-state index in [4.69, 9.17) is 14.2 Å². The SMILES string of the molecule is COc1ccc2nc(C)c(O[C@@H]3C[C@H]4C(=O)N[C@]5(C(=O)NS(=O)(=O)C6(C)CC6)C[C@H]5/C=C/CCCCC[C@H](NC(=O)O[C@H](C)C5CC5)C(=O)N4C3)nc2c1. The van der Waals surface area contributed by atoms with E-state index in [1.807, 2.05) is 19.1 Å². The lowest BCUT2D eigenvalue weighted by Gasteiger charge is -2.30. The maximum atomic E-state index is 14.5. The van der Waals surface area contributed by atoms with Crippen molar-refractivity contribution in [2.45, 2.75) is 126 Å². The molecule has 3 aliphatic carbocycles. The van der Waals surface area contributed by atoms with Gasteiger partial charge in [0.2, 0.25) is 27.7 Å². The number of rotatable bonds is 9. The summed E-state index contributed by atoms with van der Waals surface area (Å²) < 4.78 is 44.9. The molecule has 1 aromatic heterocycles. The standard InChI is InChI=1S/C38H50N6O9S/c1-22-33(40-30-18-26(51-4)14-15-28(30)39-22)53-27-19-31-32(45)42-38(35(47)43-54(49,50)37(3)16-17-37)20-25(38)10-8-6-5-7-9-11-29(34(46)44(31)21-27)41-36(48)52-23(2)24-12-13-24/h8,10,14-15,18,23-25,27,29,31H,5-7,9,11-13,16-17,19-21H2,1-4H3,(H,41,48)(H,42,45)(H,43,47)/b10-8+/t23-,25-,27-,29+,31+,38-/m1/s1. The molecule has 0 radical (unpaired) electrons. The van der Waals surface area contributed by atoms with E-state index in [1.54, 1.807) is 39.2 Å². The molecule has 7 rings (SSSR count). The van der Waals surface area contributed by atoms with Gasteiger partial charge in [0.1, 0.15) is 41.3 Å². The minimum Gasteiger partial charge on any atom is -0.497 e. The summed E-state index contributed by atoms with van der Waals surface area (Å²) in [6, 6.07) is 3.21. The molecular weight excluding hydrogens is 717 g/mol. The minimum atomic E-state index is -3.99. The molecule has 2 aromatic rings. The number of nitrogens with zero attached hydrogens (tertiary/aromatic N) is 3. The zero-order chi connectivity index (χ0) is 38.4. The number of ether oxygens (including phenoxy) is 3. The maximum Gasteiger partial charge on any atom is 0.408 e. The number of allylic oxidation sites excluding steroid dienone is 1. The number of hydrogen-bond acceptors (Lipinski definition) is 11. The van der Waals surface area contributed by atoms with Crippen molar-refractivity contribution in [3.05, 3.63) is 36.0 Å². The van der Waals surface area contributed by atoms with Crippen LogP contribution in [0.5, 0.6) is 11.6 Å². The minimum absolute atomic E-state index is 0.0187. The molecule has 1 aromatic carbocycles. The fraction of sp³-hybridized carbons (Fsp3) is 0.632. The summed E-state index contributed by atoms with van der Waals surface area (Å²) in [7, 11) is -2.43. The molecule has 3 heterocycles. The van der Waals surface area contributed by atoms with Gasteiger partial charge in [-0.25, -0.2) is 23.2 Å². The average Bonchev–Trinajstić information content (AvgIpc) is 4.06. The van der Waals surface area contributed by atoms with Gasteiger partial charge in [-0.05, 0) is 90.2 Å². The molecule has 3 N–H and O–H groups in total. The number of alkyl carbamates (subject to hydrolysis) is 1. The van der Waals surface area contributed by atoms with Crippen molar-refractivity contribution in [2.24, 2.45) is 11.8 Å². The van der Waals surface area contributed by atoms with Crippen molar-refractivity contribution in [1.29, 1.82) is 0 Å². The van der Waals surface area contributed by atoms with Gasteiger partial charge in [-0.15, -0.1) is 0 Å². The van der Waals surface area contributed by atoms with Crippen molar-refractivity contribution in [3.8, 4) is 11.6 Å². The molecule has 4 amide bonds. The lowest BCUT2D eigenvalue weighted by Crippen LogP contribution is -2.58. The molecule has 4 fully saturated rings. The van der Waals surface area contributed by atoms with Crippen LogP contribution in [0.1, 0.15) is 90.2 Å². The van der Waals surface area contributed by atoms with Crippen LogP contribution in [-0.2, 0) is 29.1 Å². The van der Waals surface area contributed by atoms with Crippen LogP contribution in [0.4, 0.5) is 4.79 Å². The van der Waals surface area contributed by atoms with Crippen molar-refractivity contribution in [1.82, 2.24) is 30.2 Å². The highest BCUT2D eigenvalue weighted by molar-refractivity contribution is 7.91. The van der Waals surface area contributed by atoms with Gasteiger partial charge in [-0.2, -0.15) is 0 Å². The Kier molecular flexibility index (Phi) is 10.3. The van der Waals surface area contributed by atoms with Crippen LogP contribution in [0, 0.1) is 18.8 Å². The van der Waals surface area contributed by atoms with Crippen molar-refractivity contribution in [3.63, 3.8) is 0 Å². The molecule has 292 valence electrons. The normalized spacial score (nSPS) is 29.3. The van der Waals surface area contributed by atoms with Gasteiger partial charge in [0, 0.05) is 18.4 Å². The predicted molar refractivity (Wildman–Crippen MR) is 197 cm³/mol. The number of aryl methyl sites for hydroxylation is 1. The molecule has 16 heteroatoms. The van der Waals surface area contributed by atoms with Crippen molar-refractivity contribution < 1.29 is 41.8 Å². The van der Waals surface area contributed by atoms with Crippen LogP contribution in [0.2, 0.25) is 0 Å². The first-order valence-corrected chi connectivity index (χ1v) is 20.5. The second-order valence-corrected chi connectivity index (χ2v) is 18.0. The first-order valence-electron chi connectivity index (χ1n) is 19.0. The van der Waals surface area contributed by atoms with Gasteiger partial charge in [0.05, 0.1) is 29.4 Å². The quantitative estimate of drug-likeness (QED) is 0.316. The van der Waals surface area contributed by atoms with E-state index < -0.39 is 68.2 Å². The highest BCUT2D eigenvalue weighted by Gasteiger charge is 2.63. The fourth-order valence-corrected chi connectivity index (χ4v) is 8.77. The van der Waals surface area contributed by atoms with Gasteiger partial charge in [0.15, 0.2) is 0 Å².